The number of hydrogen-bond donors (Lipinski definition) is 9. The lowest BCUT2D eigenvalue weighted by Gasteiger charge is -2.23. The van der Waals surface area contributed by atoms with E-state index in [1.807, 2.05) is 121 Å². The molecule has 0 fully saturated rings. The fraction of sp³-hybridized carbons (Fsp3) is 0. The van der Waals surface area contributed by atoms with Gasteiger partial charge in [-0.15, -0.1) is 0 Å². The first-order valence-corrected chi connectivity index (χ1v) is 17.4. The van der Waals surface area contributed by atoms with Crippen LogP contribution in [0.25, 0.3) is 44.5 Å². The highest BCUT2D eigenvalue weighted by Crippen LogP contribution is 2.55. The maximum atomic E-state index is 11.6. The highest BCUT2D eigenvalue weighted by molar-refractivity contribution is 7.60. The first-order chi connectivity index (χ1) is 23.6. The van der Waals surface area contributed by atoms with E-state index in [0.717, 1.165) is 27.8 Å². The highest BCUT2D eigenvalue weighted by atomic mass is 31.3. The molecule has 50 heavy (non-hydrogen) atoms. The van der Waals surface area contributed by atoms with E-state index in [1.165, 1.54) is 0 Å². The zero-order valence-electron chi connectivity index (χ0n) is 25.9. The summed E-state index contributed by atoms with van der Waals surface area (Å²) in [7, 11) is -10.1. The van der Waals surface area contributed by atoms with Crippen LogP contribution in [0.5, 0.6) is 11.5 Å². The predicted octanol–water partition coefficient (Wildman–Crippen LogP) is 5.57. The van der Waals surface area contributed by atoms with Crippen LogP contribution in [0, 0.1) is 0 Å². The van der Waals surface area contributed by atoms with Crippen LogP contribution < -0.4 is 17.2 Å². The number of phenolic OH excluding ortho intramolecular Hbond substituents is 2. The van der Waals surface area contributed by atoms with Gasteiger partial charge in [0.05, 0.1) is 5.56 Å². The van der Waals surface area contributed by atoms with Crippen LogP contribution in [-0.4, -0.2) is 44.7 Å². The number of nitrogen functional groups attached to an aromatic ring is 3. The van der Waals surface area contributed by atoms with Gasteiger partial charge in [0.1, 0.15) is 11.5 Å². The second-order valence-electron chi connectivity index (χ2n) is 10.1. The Hall–Kier alpha value is -5.63. The lowest BCUT2D eigenvalue weighted by molar-refractivity contribution is 0.225. The quantitative estimate of drug-likeness (QED) is 0.0951. The van der Waals surface area contributed by atoms with Crippen molar-refractivity contribution in [1.82, 2.24) is 15.0 Å². The summed E-state index contributed by atoms with van der Waals surface area (Å²) in [4.78, 5) is 41.5. The molecule has 6 rings (SSSR count). The van der Waals surface area contributed by atoms with Crippen molar-refractivity contribution < 1.29 is 43.2 Å². The van der Waals surface area contributed by atoms with Gasteiger partial charge in [-0.3, -0.25) is 0 Å². The van der Waals surface area contributed by atoms with Crippen LogP contribution in [0.2, 0.25) is 0 Å². The molecule has 0 spiro atoms. The molecule has 0 aliphatic carbocycles. The molecule has 0 saturated heterocycles. The van der Waals surface area contributed by atoms with Gasteiger partial charge in [0, 0.05) is 16.7 Å². The molecule has 5 aromatic carbocycles. The molecule has 15 nitrogen and oxygen atoms in total. The third-order valence-corrected chi connectivity index (χ3v) is 8.30. The Bertz CT molecular complexity index is 2000. The van der Waals surface area contributed by atoms with Crippen LogP contribution in [-0.2, 0) is 13.4 Å². The number of aromatic nitrogens is 3. The van der Waals surface area contributed by atoms with Crippen molar-refractivity contribution in [3.05, 3.63) is 121 Å². The summed E-state index contributed by atoms with van der Waals surface area (Å²) >= 11 is 0. The standard InChI is InChI=1S/C30H22O2.C3H6N6.H4O7P2/c31-29-26(22-15-7-2-8-16-22)25(21-13-5-1-6-14-21)27(23-17-9-3-10-18-23)30(32)28(29)24-19-11-4-12-20-24;4-1-7-2(5)9-3(6)8-1;1-8(2,3)7-9(4,5)6/h1-20,31-32H;(H6,4,5,6,7,8,9);(H2,1,2,3)(H2,4,5,6). The monoisotopic (exact) mass is 718 g/mol. The number of phenols is 2. The number of nitrogens with zero attached hydrogens (tertiary/aromatic N) is 3. The van der Waals surface area contributed by atoms with Gasteiger partial charge in [-0.2, -0.15) is 19.3 Å². The third-order valence-electron chi connectivity index (χ3n) is 6.60. The zero-order chi connectivity index (χ0) is 36.5. The minimum atomic E-state index is -5.05. The van der Waals surface area contributed by atoms with Gasteiger partial charge in [-0.1, -0.05) is 121 Å². The van der Waals surface area contributed by atoms with Crippen molar-refractivity contribution in [2.24, 2.45) is 0 Å². The van der Waals surface area contributed by atoms with Crippen LogP contribution in [0.1, 0.15) is 0 Å². The first kappa shape index (κ1) is 37.2. The Labute approximate surface area is 285 Å². The molecule has 0 atom stereocenters. The molecule has 0 aliphatic rings. The van der Waals surface area contributed by atoms with Gasteiger partial charge in [0.25, 0.3) is 0 Å². The molecule has 0 unspecified atom stereocenters. The fourth-order valence-electron chi connectivity index (χ4n) is 4.83. The average Bonchev–Trinajstić information content (AvgIpc) is 3.04. The number of nitrogens with two attached hydrogens (primary N) is 3. The Morgan fingerprint density at radius 1 is 0.420 bits per heavy atom. The van der Waals surface area contributed by atoms with Crippen LogP contribution in [0.4, 0.5) is 17.8 Å². The van der Waals surface area contributed by atoms with Crippen molar-refractivity contribution in [1.29, 1.82) is 0 Å². The summed E-state index contributed by atoms with van der Waals surface area (Å²) in [5.41, 5.74) is 21.5. The van der Waals surface area contributed by atoms with Gasteiger partial charge in [-0.25, -0.2) is 9.13 Å². The van der Waals surface area contributed by atoms with E-state index in [4.69, 9.17) is 36.8 Å². The lowest BCUT2D eigenvalue weighted by Crippen LogP contribution is -2.05. The van der Waals surface area contributed by atoms with E-state index >= 15 is 0 Å². The smallest absolute Gasteiger partial charge is 0.478 e. The van der Waals surface area contributed by atoms with Crippen molar-refractivity contribution in [2.75, 3.05) is 17.2 Å². The molecular weight excluding hydrogens is 686 g/mol. The highest BCUT2D eigenvalue weighted by Gasteiger charge is 2.28. The minimum absolute atomic E-state index is 0.0417. The van der Waals surface area contributed by atoms with Crippen molar-refractivity contribution in [2.45, 2.75) is 0 Å². The zero-order valence-corrected chi connectivity index (χ0v) is 27.7. The van der Waals surface area contributed by atoms with Crippen LogP contribution in [0.15, 0.2) is 121 Å². The largest absolute Gasteiger partial charge is 0.506 e. The second kappa shape index (κ2) is 16.2. The number of anilines is 3. The van der Waals surface area contributed by atoms with Gasteiger partial charge < -0.3 is 47.0 Å². The molecule has 6 aromatic rings. The van der Waals surface area contributed by atoms with E-state index in [9.17, 15) is 19.3 Å². The van der Waals surface area contributed by atoms with Gasteiger partial charge in [0.15, 0.2) is 0 Å². The number of aromatic hydroxyl groups is 2. The molecule has 258 valence electrons. The maximum absolute atomic E-state index is 11.6. The minimum Gasteiger partial charge on any atom is -0.506 e. The van der Waals surface area contributed by atoms with E-state index in [-0.39, 0.29) is 29.3 Å². The normalized spacial score (nSPS) is 11.0. The van der Waals surface area contributed by atoms with Gasteiger partial charge in [0.2, 0.25) is 17.8 Å². The summed E-state index contributed by atoms with van der Waals surface area (Å²) in [6, 6.07) is 39.2. The molecule has 17 heteroatoms. The van der Waals surface area contributed by atoms with Crippen molar-refractivity contribution >= 4 is 33.5 Å². The van der Waals surface area contributed by atoms with Crippen molar-refractivity contribution in [3.8, 4) is 56.0 Å². The van der Waals surface area contributed by atoms with E-state index in [0.29, 0.717) is 16.7 Å². The molecule has 1 heterocycles. The summed E-state index contributed by atoms with van der Waals surface area (Å²) in [5, 5.41) is 23.3. The molecule has 12 N–H and O–H groups in total. The fourth-order valence-corrected chi connectivity index (χ4v) is 5.94. The SMILES string of the molecule is Nc1nc(N)nc(N)n1.O=P(O)(O)OP(=O)(O)O.Oc1c(-c2ccccc2)c(O)c(-c2ccccc2)c(-c2ccccc2)c1-c1ccccc1. The van der Waals surface area contributed by atoms with Crippen molar-refractivity contribution in [3.63, 3.8) is 0 Å². The number of phosphoric acid groups is 2. The summed E-state index contributed by atoms with van der Waals surface area (Å²) in [5.74, 6) is 0.261. The Balaban J connectivity index is 0.000000256. The summed E-state index contributed by atoms with van der Waals surface area (Å²) in [6.07, 6.45) is 0. The van der Waals surface area contributed by atoms with E-state index in [1.54, 1.807) is 0 Å². The molecule has 0 radical (unpaired) electrons. The average molecular weight is 719 g/mol. The molecule has 0 aliphatic heterocycles. The Morgan fingerprint density at radius 3 is 0.900 bits per heavy atom. The second-order valence-corrected chi connectivity index (χ2v) is 12.7. The molecular formula is C33H32N6O9P2. The number of hydrogen-bond acceptors (Lipinski definition) is 11. The van der Waals surface area contributed by atoms with Gasteiger partial charge >= 0.3 is 15.6 Å². The topological polar surface area (TPSA) is 281 Å². The Kier molecular flexibility index (Phi) is 12.0. The molecule has 1 aromatic heterocycles. The van der Waals surface area contributed by atoms with E-state index < -0.39 is 15.6 Å². The number of rotatable bonds is 6. The maximum Gasteiger partial charge on any atom is 0.478 e. The van der Waals surface area contributed by atoms with Crippen LogP contribution >= 0.6 is 15.6 Å². The molecule has 0 saturated carbocycles. The third kappa shape index (κ3) is 10.2. The Morgan fingerprint density at radius 2 is 0.660 bits per heavy atom. The van der Waals surface area contributed by atoms with Crippen LogP contribution in [0.3, 0.4) is 0 Å². The summed E-state index contributed by atoms with van der Waals surface area (Å²) in [6.45, 7) is 0. The lowest BCUT2D eigenvalue weighted by atomic mass is 9.83. The summed E-state index contributed by atoms with van der Waals surface area (Å²) < 4.78 is 22.2. The molecule has 0 amide bonds. The van der Waals surface area contributed by atoms with Gasteiger partial charge in [-0.05, 0) is 22.3 Å². The molecule has 0 bridgehead atoms. The van der Waals surface area contributed by atoms with E-state index in [2.05, 4.69) is 19.3 Å². The predicted molar refractivity (Wildman–Crippen MR) is 190 cm³/mol. The first-order valence-electron chi connectivity index (χ1n) is 14.3. The number of benzene rings is 5.